The maximum atomic E-state index is 13.1. The molecule has 0 spiro atoms. The molecule has 2 N–H and O–H groups in total. The highest BCUT2D eigenvalue weighted by Crippen LogP contribution is 2.38. The number of Topliss-reactive ketones (excluding diaryl/α,β-unsaturated/α-hetero) is 1. The third-order valence-corrected chi connectivity index (χ3v) is 4.90. The molecule has 1 fully saturated rings. The van der Waals surface area contributed by atoms with Gasteiger partial charge in [-0.1, -0.05) is 51.4 Å². The van der Waals surface area contributed by atoms with Crippen molar-refractivity contribution in [1.82, 2.24) is 0 Å². The molecule has 1 aromatic carbocycles. The summed E-state index contributed by atoms with van der Waals surface area (Å²) in [6.45, 7) is 0. The minimum absolute atomic E-state index is 0.107. The van der Waals surface area contributed by atoms with Crippen molar-refractivity contribution in [3.8, 4) is 5.75 Å². The number of phenolic OH excluding ortho intramolecular Hbond substituents is 1. The van der Waals surface area contributed by atoms with E-state index in [0.29, 0.717) is 12.1 Å². The van der Waals surface area contributed by atoms with Gasteiger partial charge in [0, 0.05) is 6.42 Å². The predicted octanol–water partition coefficient (Wildman–Crippen LogP) is 5.30. The Hall–Kier alpha value is -2.05. The van der Waals surface area contributed by atoms with E-state index >= 15 is 0 Å². The number of carbonyl (C=O) groups is 2. The van der Waals surface area contributed by atoms with Crippen molar-refractivity contribution < 1.29 is 27.9 Å². The second-order valence-electron chi connectivity index (χ2n) is 6.87. The van der Waals surface area contributed by atoms with Crippen LogP contribution >= 0.6 is 0 Å². The number of benzene rings is 1. The first-order valence-electron chi connectivity index (χ1n) is 9.00. The molecule has 1 amide bonds. The van der Waals surface area contributed by atoms with Crippen LogP contribution in [0.2, 0.25) is 0 Å². The molecule has 7 heteroatoms. The number of phenols is 1. The SMILES string of the molecule is O=CNc1cc(C(F)(F)F)cc(C(=O)CC2CCCCCCCC2)c1O. The summed E-state index contributed by atoms with van der Waals surface area (Å²) in [5.74, 6) is -1.03. The molecule has 26 heavy (non-hydrogen) atoms. The van der Waals surface area contributed by atoms with E-state index in [4.69, 9.17) is 0 Å². The molecule has 4 nitrogen and oxygen atoms in total. The lowest BCUT2D eigenvalue weighted by molar-refractivity contribution is -0.137. The second-order valence-corrected chi connectivity index (χ2v) is 6.87. The van der Waals surface area contributed by atoms with E-state index in [9.17, 15) is 27.9 Å². The van der Waals surface area contributed by atoms with Crippen LogP contribution in [0.3, 0.4) is 0 Å². The number of halogens is 3. The zero-order valence-corrected chi connectivity index (χ0v) is 14.6. The monoisotopic (exact) mass is 371 g/mol. The molecular weight excluding hydrogens is 347 g/mol. The Labute approximate surface area is 150 Å². The molecule has 0 radical (unpaired) electrons. The Balaban J connectivity index is 2.25. The summed E-state index contributed by atoms with van der Waals surface area (Å²) < 4.78 is 39.2. The lowest BCUT2D eigenvalue weighted by atomic mass is 9.89. The van der Waals surface area contributed by atoms with Crippen LogP contribution in [0, 0.1) is 5.92 Å². The number of aromatic hydroxyl groups is 1. The van der Waals surface area contributed by atoms with Crippen LogP contribution in [0.25, 0.3) is 0 Å². The smallest absolute Gasteiger partial charge is 0.416 e. The molecule has 1 saturated carbocycles. The van der Waals surface area contributed by atoms with E-state index in [1.165, 1.54) is 12.8 Å². The zero-order chi connectivity index (χ0) is 19.2. The number of alkyl halides is 3. The lowest BCUT2D eigenvalue weighted by Gasteiger charge is -2.17. The topological polar surface area (TPSA) is 66.4 Å². The van der Waals surface area contributed by atoms with Gasteiger partial charge in [-0.2, -0.15) is 13.2 Å². The van der Waals surface area contributed by atoms with Crippen molar-refractivity contribution in [3.63, 3.8) is 0 Å². The van der Waals surface area contributed by atoms with Crippen LogP contribution in [0.15, 0.2) is 12.1 Å². The van der Waals surface area contributed by atoms with Gasteiger partial charge in [-0.05, 0) is 18.1 Å². The molecule has 0 aromatic heterocycles. The fraction of sp³-hybridized carbons (Fsp3) is 0.579. The molecule has 0 bridgehead atoms. The van der Waals surface area contributed by atoms with Gasteiger partial charge in [0.05, 0.1) is 16.8 Å². The van der Waals surface area contributed by atoms with Gasteiger partial charge < -0.3 is 10.4 Å². The van der Waals surface area contributed by atoms with Crippen molar-refractivity contribution >= 4 is 17.9 Å². The normalized spacial score (nSPS) is 17.0. The molecule has 0 unspecified atom stereocenters. The number of anilines is 1. The summed E-state index contributed by atoms with van der Waals surface area (Å²) in [5.41, 5.74) is -1.87. The molecule has 0 heterocycles. The molecule has 0 atom stereocenters. The first-order valence-corrected chi connectivity index (χ1v) is 9.00. The van der Waals surface area contributed by atoms with E-state index < -0.39 is 29.0 Å². The van der Waals surface area contributed by atoms with Crippen molar-refractivity contribution in [2.45, 2.75) is 64.0 Å². The number of amides is 1. The highest BCUT2D eigenvalue weighted by Gasteiger charge is 2.33. The maximum absolute atomic E-state index is 13.1. The summed E-state index contributed by atoms with van der Waals surface area (Å²) in [6.07, 6.45) is 3.90. The maximum Gasteiger partial charge on any atom is 0.416 e. The van der Waals surface area contributed by atoms with Gasteiger partial charge in [0.2, 0.25) is 6.41 Å². The largest absolute Gasteiger partial charge is 0.505 e. The summed E-state index contributed by atoms with van der Waals surface area (Å²) in [6, 6.07) is 1.29. The van der Waals surface area contributed by atoms with Crippen LogP contribution in [0.1, 0.15) is 73.7 Å². The molecular formula is C19H24F3NO3. The standard InChI is InChI=1S/C19H24F3NO3/c20-19(21,22)14-10-15(18(26)16(11-14)23-12-24)17(25)9-13-7-5-3-1-2-4-6-8-13/h10-13,26H,1-9H2,(H,23,24). The second kappa shape index (κ2) is 9.05. The van der Waals surface area contributed by atoms with Gasteiger partial charge in [0.15, 0.2) is 5.78 Å². The number of carbonyl (C=O) groups excluding carboxylic acids is 2. The number of rotatable bonds is 5. The number of ketones is 1. The summed E-state index contributed by atoms with van der Waals surface area (Å²) in [4.78, 5) is 23.2. The van der Waals surface area contributed by atoms with Crippen molar-refractivity contribution in [1.29, 1.82) is 0 Å². The van der Waals surface area contributed by atoms with E-state index in [2.05, 4.69) is 0 Å². The Morgan fingerprint density at radius 2 is 1.69 bits per heavy atom. The highest BCUT2D eigenvalue weighted by atomic mass is 19.4. The van der Waals surface area contributed by atoms with E-state index in [0.717, 1.165) is 38.5 Å². The third kappa shape index (κ3) is 5.47. The summed E-state index contributed by atoms with van der Waals surface area (Å²) in [7, 11) is 0. The zero-order valence-electron chi connectivity index (χ0n) is 14.6. The van der Waals surface area contributed by atoms with Gasteiger partial charge >= 0.3 is 6.18 Å². The van der Waals surface area contributed by atoms with E-state index in [-0.39, 0.29) is 24.3 Å². The Morgan fingerprint density at radius 1 is 1.12 bits per heavy atom. The van der Waals surface area contributed by atoms with Crippen LogP contribution in [0.4, 0.5) is 18.9 Å². The minimum atomic E-state index is -4.68. The van der Waals surface area contributed by atoms with Gasteiger partial charge in [-0.3, -0.25) is 9.59 Å². The highest BCUT2D eigenvalue weighted by molar-refractivity contribution is 6.01. The average Bonchev–Trinajstić information content (AvgIpc) is 2.69. The Bertz CT molecular complexity index is 634. The van der Waals surface area contributed by atoms with Gasteiger partial charge in [-0.25, -0.2) is 0 Å². The molecule has 0 aliphatic heterocycles. The lowest BCUT2D eigenvalue weighted by Crippen LogP contribution is -2.13. The average molecular weight is 371 g/mol. The summed E-state index contributed by atoms with van der Waals surface area (Å²) in [5, 5.41) is 12.2. The quantitative estimate of drug-likeness (QED) is 0.419. The number of nitrogens with one attached hydrogen (secondary N) is 1. The molecule has 144 valence electrons. The van der Waals surface area contributed by atoms with Crippen molar-refractivity contribution in [2.75, 3.05) is 5.32 Å². The van der Waals surface area contributed by atoms with E-state index in [1.807, 2.05) is 5.32 Å². The van der Waals surface area contributed by atoms with Crippen molar-refractivity contribution in [3.05, 3.63) is 23.3 Å². The van der Waals surface area contributed by atoms with Crippen molar-refractivity contribution in [2.24, 2.45) is 5.92 Å². The van der Waals surface area contributed by atoms with Gasteiger partial charge in [-0.15, -0.1) is 0 Å². The molecule has 2 rings (SSSR count). The Kier molecular flexibility index (Phi) is 7.06. The fourth-order valence-corrected chi connectivity index (χ4v) is 3.48. The molecule has 1 aromatic rings. The Morgan fingerprint density at radius 3 is 2.23 bits per heavy atom. The van der Waals surface area contributed by atoms with Crippen LogP contribution in [-0.4, -0.2) is 17.3 Å². The summed E-state index contributed by atoms with van der Waals surface area (Å²) >= 11 is 0. The van der Waals surface area contributed by atoms with Gasteiger partial charge in [0.25, 0.3) is 0 Å². The molecule has 1 aliphatic rings. The molecule has 0 saturated heterocycles. The fourth-order valence-electron chi connectivity index (χ4n) is 3.48. The molecule has 1 aliphatic carbocycles. The minimum Gasteiger partial charge on any atom is -0.505 e. The van der Waals surface area contributed by atoms with Gasteiger partial charge in [0.1, 0.15) is 5.75 Å². The number of hydrogen-bond acceptors (Lipinski definition) is 3. The first-order chi connectivity index (χ1) is 12.3. The number of hydrogen-bond donors (Lipinski definition) is 2. The van der Waals surface area contributed by atoms with E-state index in [1.54, 1.807) is 0 Å². The predicted molar refractivity (Wildman–Crippen MR) is 92.2 cm³/mol. The first kappa shape index (κ1) is 20.3. The van der Waals surface area contributed by atoms with Crippen LogP contribution < -0.4 is 5.32 Å². The third-order valence-electron chi connectivity index (χ3n) is 4.90. The van der Waals surface area contributed by atoms with Crippen LogP contribution in [0.5, 0.6) is 5.75 Å². The van der Waals surface area contributed by atoms with Crippen LogP contribution in [-0.2, 0) is 11.0 Å².